The van der Waals surface area contributed by atoms with Gasteiger partial charge in [0.2, 0.25) is 0 Å². The highest BCUT2D eigenvalue weighted by Gasteiger charge is 2.18. The first-order chi connectivity index (χ1) is 15.1. The van der Waals surface area contributed by atoms with Crippen LogP contribution in [0.2, 0.25) is 0 Å². The van der Waals surface area contributed by atoms with Crippen molar-refractivity contribution in [2.45, 2.75) is 26.4 Å². The molecule has 0 unspecified atom stereocenters. The number of carboxylic acids is 1. The summed E-state index contributed by atoms with van der Waals surface area (Å²) in [7, 11) is 0. The number of carbonyl (C=O) groups excluding carboxylic acids is 1. The van der Waals surface area contributed by atoms with Gasteiger partial charge in [0.15, 0.2) is 0 Å². The van der Waals surface area contributed by atoms with Gasteiger partial charge < -0.3 is 24.2 Å². The molecule has 31 heavy (non-hydrogen) atoms. The van der Waals surface area contributed by atoms with E-state index in [1.54, 1.807) is 12.3 Å². The fourth-order valence-corrected chi connectivity index (χ4v) is 3.93. The monoisotopic (exact) mass is 413 g/mol. The van der Waals surface area contributed by atoms with Crippen molar-refractivity contribution in [3.63, 3.8) is 0 Å². The lowest BCUT2D eigenvalue weighted by Crippen LogP contribution is -2.28. The van der Waals surface area contributed by atoms with Crippen LogP contribution in [0.1, 0.15) is 38.5 Å². The zero-order chi connectivity index (χ0) is 21.8. The van der Waals surface area contributed by atoms with Crippen molar-refractivity contribution in [2.75, 3.05) is 6.54 Å². The number of fused-ring (bicyclic) bond motifs is 1. The number of hydrogen-bond acceptors (Lipinski definition) is 4. The molecule has 0 radical (unpaired) electrons. The summed E-state index contributed by atoms with van der Waals surface area (Å²) in [4.78, 5) is 12.2. The molecule has 0 aliphatic rings. The summed E-state index contributed by atoms with van der Waals surface area (Å²) < 4.78 is 7.22. The van der Waals surface area contributed by atoms with Gasteiger partial charge >= 0.3 is 0 Å². The molecule has 5 heteroatoms. The normalized spacial score (nSPS) is 11.1. The number of nitrogens with one attached hydrogen (secondary N) is 1. The third kappa shape index (κ3) is 4.47. The van der Waals surface area contributed by atoms with E-state index >= 15 is 0 Å². The Labute approximate surface area is 181 Å². The number of aromatic carboxylic acids is 1. The van der Waals surface area contributed by atoms with E-state index in [2.05, 4.69) is 11.9 Å². The Hall–Kier alpha value is -3.57. The summed E-state index contributed by atoms with van der Waals surface area (Å²) in [6.45, 7) is 7.36. The van der Waals surface area contributed by atoms with Gasteiger partial charge in [-0.25, -0.2) is 0 Å². The Balaban J connectivity index is 1.68. The largest absolute Gasteiger partial charge is 0.543 e. The number of carboxylic acid groups (broad SMARTS) is 1. The van der Waals surface area contributed by atoms with E-state index in [0.717, 1.165) is 45.3 Å². The molecular formula is C26H25N2O3-. The molecule has 0 spiro atoms. The molecular weight excluding hydrogens is 388 g/mol. The molecule has 1 N–H and O–H groups in total. The van der Waals surface area contributed by atoms with Gasteiger partial charge in [-0.05, 0) is 41.8 Å². The predicted octanol–water partition coefficient (Wildman–Crippen LogP) is 3.93. The van der Waals surface area contributed by atoms with Crippen LogP contribution in [0.5, 0.6) is 0 Å². The summed E-state index contributed by atoms with van der Waals surface area (Å²) in [6.07, 6.45) is 4.18. The number of benzene rings is 2. The molecule has 4 rings (SSSR count). The number of rotatable bonds is 9. The number of hydrogen-bond donors (Lipinski definition) is 1. The third-order valence-electron chi connectivity index (χ3n) is 5.50. The van der Waals surface area contributed by atoms with Gasteiger partial charge in [-0.3, -0.25) is 0 Å². The van der Waals surface area contributed by atoms with Crippen molar-refractivity contribution in [2.24, 2.45) is 0 Å². The molecule has 0 fully saturated rings. The molecule has 0 bridgehead atoms. The van der Waals surface area contributed by atoms with Crippen LogP contribution in [0.25, 0.3) is 17.0 Å². The Kier molecular flexibility index (Phi) is 6.05. The van der Waals surface area contributed by atoms with E-state index < -0.39 is 5.97 Å². The average molecular weight is 413 g/mol. The molecule has 0 aliphatic heterocycles. The van der Waals surface area contributed by atoms with E-state index in [4.69, 9.17) is 4.42 Å². The molecule has 5 nitrogen and oxygen atoms in total. The Morgan fingerprint density at radius 1 is 1.19 bits per heavy atom. The number of carbonyl (C=O) groups is 1. The van der Waals surface area contributed by atoms with Crippen LogP contribution in [0.3, 0.4) is 0 Å². The van der Waals surface area contributed by atoms with Gasteiger partial charge in [0, 0.05) is 42.5 Å². The lowest BCUT2D eigenvalue weighted by atomic mass is 10.1. The van der Waals surface area contributed by atoms with Crippen LogP contribution in [0, 0.1) is 6.92 Å². The topological polar surface area (TPSA) is 70.2 Å². The van der Waals surface area contributed by atoms with E-state index in [1.807, 2.05) is 66.1 Å². The Bertz CT molecular complexity index is 1200. The SMILES string of the molecule is C=Cc1ccc(Cn2c(C(=O)[O-])c(CNCCc3ccco3)c3ccc(C)cc32)cc1. The number of aryl methyl sites for hydroxylation is 1. The number of nitrogens with zero attached hydrogens (tertiary/aromatic N) is 1. The number of aromatic nitrogens is 1. The second-order valence-corrected chi connectivity index (χ2v) is 7.67. The van der Waals surface area contributed by atoms with Crippen molar-refractivity contribution in [3.8, 4) is 0 Å². The van der Waals surface area contributed by atoms with Crippen molar-refractivity contribution in [3.05, 3.63) is 101 Å². The van der Waals surface area contributed by atoms with Gasteiger partial charge in [0.05, 0.1) is 17.9 Å². The second kappa shape index (κ2) is 9.06. The van der Waals surface area contributed by atoms with Crippen molar-refractivity contribution in [1.29, 1.82) is 0 Å². The molecule has 4 aromatic rings. The third-order valence-corrected chi connectivity index (χ3v) is 5.50. The van der Waals surface area contributed by atoms with Crippen LogP contribution in [0.4, 0.5) is 0 Å². The van der Waals surface area contributed by atoms with Crippen LogP contribution < -0.4 is 10.4 Å². The first kappa shape index (κ1) is 20.7. The molecule has 0 saturated heterocycles. The van der Waals surface area contributed by atoms with E-state index in [9.17, 15) is 9.90 Å². The molecule has 0 amide bonds. The molecule has 2 aromatic carbocycles. The van der Waals surface area contributed by atoms with Crippen molar-refractivity contribution in [1.82, 2.24) is 9.88 Å². The highest BCUT2D eigenvalue weighted by molar-refractivity contribution is 5.97. The first-order valence-corrected chi connectivity index (χ1v) is 10.3. The average Bonchev–Trinajstić information content (AvgIpc) is 3.38. The van der Waals surface area contributed by atoms with Crippen LogP contribution in [0.15, 0.2) is 71.9 Å². The minimum absolute atomic E-state index is 0.221. The minimum Gasteiger partial charge on any atom is -0.543 e. The van der Waals surface area contributed by atoms with Gasteiger partial charge in [0.25, 0.3) is 0 Å². The summed E-state index contributed by atoms with van der Waals surface area (Å²) in [6, 6.07) is 17.8. The smallest absolute Gasteiger partial charge is 0.105 e. The summed E-state index contributed by atoms with van der Waals surface area (Å²) in [5.41, 5.74) is 4.99. The summed E-state index contributed by atoms with van der Waals surface area (Å²) in [5.74, 6) is -0.270. The van der Waals surface area contributed by atoms with Gasteiger partial charge in [-0.1, -0.05) is 49.1 Å². The highest BCUT2D eigenvalue weighted by atomic mass is 16.4. The first-order valence-electron chi connectivity index (χ1n) is 10.3. The number of furan rings is 1. The Morgan fingerprint density at radius 2 is 2.00 bits per heavy atom. The summed E-state index contributed by atoms with van der Waals surface area (Å²) in [5, 5.41) is 16.5. The molecule has 0 saturated carbocycles. The summed E-state index contributed by atoms with van der Waals surface area (Å²) >= 11 is 0. The van der Waals surface area contributed by atoms with Gasteiger partial charge in [-0.2, -0.15) is 0 Å². The maximum Gasteiger partial charge on any atom is 0.105 e. The van der Waals surface area contributed by atoms with Crippen LogP contribution in [-0.2, 0) is 19.5 Å². The standard InChI is InChI=1S/C26H26N2O3/c1-3-19-7-9-20(10-8-19)17-28-24-15-18(2)6-11-22(24)23(25(28)26(29)30)16-27-13-12-21-5-4-14-31-21/h3-11,14-15,27H,1,12-13,16-17H2,2H3,(H,29,30)/p-1. The Morgan fingerprint density at radius 3 is 2.68 bits per heavy atom. The lowest BCUT2D eigenvalue weighted by molar-refractivity contribution is -0.255. The van der Waals surface area contributed by atoms with Gasteiger partial charge in [-0.15, -0.1) is 0 Å². The van der Waals surface area contributed by atoms with E-state index in [1.165, 1.54) is 0 Å². The zero-order valence-corrected chi connectivity index (χ0v) is 17.6. The zero-order valence-electron chi connectivity index (χ0n) is 17.6. The fraction of sp³-hybridized carbons (Fsp3) is 0.192. The molecule has 0 aliphatic carbocycles. The van der Waals surface area contributed by atoms with Crippen LogP contribution in [-0.4, -0.2) is 17.1 Å². The molecule has 158 valence electrons. The maximum atomic E-state index is 12.2. The van der Waals surface area contributed by atoms with Crippen LogP contribution >= 0.6 is 0 Å². The van der Waals surface area contributed by atoms with Crippen molar-refractivity contribution >= 4 is 22.9 Å². The van der Waals surface area contributed by atoms with Gasteiger partial charge in [0.1, 0.15) is 5.76 Å². The quantitative estimate of drug-likeness (QED) is 0.422. The minimum atomic E-state index is -1.17. The molecule has 2 aromatic heterocycles. The molecule has 0 atom stereocenters. The maximum absolute atomic E-state index is 12.2. The molecule has 2 heterocycles. The lowest BCUT2D eigenvalue weighted by Gasteiger charge is -2.14. The van der Waals surface area contributed by atoms with E-state index in [0.29, 0.717) is 19.6 Å². The fourth-order valence-electron chi connectivity index (χ4n) is 3.93. The predicted molar refractivity (Wildman–Crippen MR) is 121 cm³/mol. The highest BCUT2D eigenvalue weighted by Crippen LogP contribution is 2.28. The van der Waals surface area contributed by atoms with E-state index in [-0.39, 0.29) is 5.69 Å². The second-order valence-electron chi connectivity index (χ2n) is 7.67. The van der Waals surface area contributed by atoms with Crippen molar-refractivity contribution < 1.29 is 14.3 Å².